The first-order valence-electron chi connectivity index (χ1n) is 9.98. The summed E-state index contributed by atoms with van der Waals surface area (Å²) >= 11 is 0. The first-order valence-corrected chi connectivity index (χ1v) is 9.98. The highest BCUT2D eigenvalue weighted by Gasteiger charge is 2.21. The van der Waals surface area contributed by atoms with Crippen LogP contribution in [0, 0.1) is 12.7 Å². The second-order valence-electron chi connectivity index (χ2n) is 7.71. The fraction of sp³-hybridized carbons (Fsp3) is 0.261. The molecule has 0 saturated heterocycles. The molecule has 4 rings (SSSR count). The first kappa shape index (κ1) is 20.7. The summed E-state index contributed by atoms with van der Waals surface area (Å²) in [5.74, 6) is 0.153. The van der Waals surface area contributed by atoms with Gasteiger partial charge in [-0.1, -0.05) is 12.1 Å². The van der Waals surface area contributed by atoms with E-state index < -0.39 is 11.9 Å². The maximum atomic E-state index is 14.0. The summed E-state index contributed by atoms with van der Waals surface area (Å²) in [4.78, 5) is 30.2. The van der Waals surface area contributed by atoms with Crippen LogP contribution in [0.2, 0.25) is 0 Å². The predicted octanol–water partition coefficient (Wildman–Crippen LogP) is 3.16. The minimum Gasteiger partial charge on any atom is -0.456 e. The van der Waals surface area contributed by atoms with E-state index in [-0.39, 0.29) is 23.9 Å². The standard InChI is InChI=1S/C23H23FN4O3/c1-13-16-4-3-5-17(24)21(16)31-19(13)12-28(2)20(29)9-6-14-10-15-7-8-18(25)23(30)27-22(15)26-11-14/h3-6,9-11,18H,7-8,12,25H2,1-2H3,(H,26,27,30)/b9-6+. The van der Waals surface area contributed by atoms with Crippen molar-refractivity contribution in [3.8, 4) is 0 Å². The fourth-order valence-electron chi connectivity index (χ4n) is 3.57. The van der Waals surface area contributed by atoms with Gasteiger partial charge in [-0.05, 0) is 49.1 Å². The van der Waals surface area contributed by atoms with Crippen LogP contribution < -0.4 is 11.1 Å². The molecule has 1 aromatic carbocycles. The molecule has 1 atom stereocenters. The Labute approximate surface area is 178 Å². The Morgan fingerprint density at radius 3 is 3.03 bits per heavy atom. The lowest BCUT2D eigenvalue weighted by Gasteiger charge is -2.14. The molecule has 0 spiro atoms. The summed E-state index contributed by atoms with van der Waals surface area (Å²) in [5, 5.41) is 3.42. The van der Waals surface area contributed by atoms with Gasteiger partial charge in [0.15, 0.2) is 11.4 Å². The van der Waals surface area contributed by atoms with Crippen LogP contribution in [0.3, 0.4) is 0 Å². The van der Waals surface area contributed by atoms with Gasteiger partial charge in [-0.25, -0.2) is 9.37 Å². The van der Waals surface area contributed by atoms with E-state index in [1.54, 1.807) is 31.5 Å². The van der Waals surface area contributed by atoms with E-state index in [2.05, 4.69) is 10.3 Å². The Balaban J connectivity index is 1.47. The number of para-hydroxylation sites is 1. The number of nitrogens with two attached hydrogens (primary N) is 1. The van der Waals surface area contributed by atoms with Gasteiger partial charge in [0.25, 0.3) is 0 Å². The maximum Gasteiger partial charge on any atom is 0.246 e. The zero-order valence-electron chi connectivity index (χ0n) is 17.3. The average Bonchev–Trinajstić information content (AvgIpc) is 2.99. The second kappa shape index (κ2) is 8.31. The van der Waals surface area contributed by atoms with E-state index in [4.69, 9.17) is 10.2 Å². The molecule has 3 N–H and O–H groups in total. The molecule has 1 aliphatic rings. The second-order valence-corrected chi connectivity index (χ2v) is 7.71. The third kappa shape index (κ3) is 4.20. The Bertz CT molecular complexity index is 1200. The number of hydrogen-bond donors (Lipinski definition) is 2. The molecular weight excluding hydrogens is 399 g/mol. The lowest BCUT2D eigenvalue weighted by Crippen LogP contribution is -2.34. The number of carbonyl (C=O) groups excluding carboxylic acids is 2. The molecule has 0 aliphatic carbocycles. The summed E-state index contributed by atoms with van der Waals surface area (Å²) < 4.78 is 19.6. The molecule has 2 aromatic heterocycles. The van der Waals surface area contributed by atoms with Crippen molar-refractivity contribution in [2.75, 3.05) is 12.4 Å². The highest BCUT2D eigenvalue weighted by molar-refractivity contribution is 5.95. The Kier molecular flexibility index (Phi) is 5.56. The third-order valence-electron chi connectivity index (χ3n) is 5.48. The summed E-state index contributed by atoms with van der Waals surface area (Å²) in [5.41, 5.74) is 8.44. The number of aromatic nitrogens is 1. The van der Waals surface area contributed by atoms with E-state index in [1.807, 2.05) is 13.0 Å². The lowest BCUT2D eigenvalue weighted by atomic mass is 10.1. The van der Waals surface area contributed by atoms with Gasteiger partial charge in [-0.3, -0.25) is 9.59 Å². The molecule has 0 radical (unpaired) electrons. The largest absolute Gasteiger partial charge is 0.456 e. The van der Waals surface area contributed by atoms with E-state index >= 15 is 0 Å². The molecule has 8 heteroatoms. The topological polar surface area (TPSA) is 101 Å². The zero-order valence-corrected chi connectivity index (χ0v) is 17.3. The van der Waals surface area contributed by atoms with Crippen molar-refractivity contribution < 1.29 is 18.4 Å². The van der Waals surface area contributed by atoms with Gasteiger partial charge < -0.3 is 20.4 Å². The van der Waals surface area contributed by atoms with Crippen molar-refractivity contribution >= 4 is 34.7 Å². The molecule has 31 heavy (non-hydrogen) atoms. The van der Waals surface area contributed by atoms with Crippen LogP contribution in [0.15, 0.2) is 41.0 Å². The number of hydrogen-bond acceptors (Lipinski definition) is 5. The van der Waals surface area contributed by atoms with Crippen molar-refractivity contribution in [2.24, 2.45) is 5.73 Å². The third-order valence-corrected chi connectivity index (χ3v) is 5.48. The molecule has 0 fully saturated rings. The maximum absolute atomic E-state index is 14.0. The van der Waals surface area contributed by atoms with Crippen LogP contribution in [0.4, 0.5) is 10.2 Å². The fourth-order valence-corrected chi connectivity index (χ4v) is 3.57. The SMILES string of the molecule is Cc1c(CN(C)C(=O)/C=C/c2cnc3c(c2)CCC(N)C(=O)N3)oc2c(F)cccc12. The number of halogens is 1. The molecule has 0 saturated carbocycles. The molecular formula is C23H23FN4O3. The van der Waals surface area contributed by atoms with Gasteiger partial charge >= 0.3 is 0 Å². The molecule has 3 aromatic rings. The van der Waals surface area contributed by atoms with Gasteiger partial charge in [-0.2, -0.15) is 0 Å². The van der Waals surface area contributed by atoms with Crippen molar-refractivity contribution in [3.63, 3.8) is 0 Å². The highest BCUT2D eigenvalue weighted by Crippen LogP contribution is 2.28. The number of fused-ring (bicyclic) bond motifs is 2. The summed E-state index contributed by atoms with van der Waals surface area (Å²) in [6.45, 7) is 2.07. The van der Waals surface area contributed by atoms with Gasteiger partial charge in [0.05, 0.1) is 12.6 Å². The molecule has 1 unspecified atom stereocenters. The normalized spacial score (nSPS) is 16.3. The molecule has 0 bridgehead atoms. The first-order chi connectivity index (χ1) is 14.8. The Morgan fingerprint density at radius 1 is 1.45 bits per heavy atom. The van der Waals surface area contributed by atoms with E-state index in [0.717, 1.165) is 16.7 Å². The van der Waals surface area contributed by atoms with Crippen LogP contribution >= 0.6 is 0 Å². The number of aryl methyl sites for hydroxylation is 2. The number of pyridine rings is 1. The zero-order chi connectivity index (χ0) is 22.1. The van der Waals surface area contributed by atoms with E-state index in [9.17, 15) is 14.0 Å². The van der Waals surface area contributed by atoms with Crippen LogP contribution in [0.5, 0.6) is 0 Å². The average molecular weight is 422 g/mol. The van der Waals surface area contributed by atoms with Crippen LogP contribution in [-0.4, -0.2) is 34.8 Å². The summed E-state index contributed by atoms with van der Waals surface area (Å²) in [6, 6.07) is 6.11. The van der Waals surface area contributed by atoms with E-state index in [1.165, 1.54) is 17.0 Å². The molecule has 160 valence electrons. The Hall–Kier alpha value is -3.52. The monoisotopic (exact) mass is 422 g/mol. The molecule has 3 heterocycles. The summed E-state index contributed by atoms with van der Waals surface area (Å²) in [6.07, 6.45) is 5.87. The number of nitrogens with zero attached hydrogens (tertiary/aromatic N) is 2. The number of benzene rings is 1. The van der Waals surface area contributed by atoms with E-state index in [0.29, 0.717) is 29.8 Å². The lowest BCUT2D eigenvalue weighted by molar-refractivity contribution is -0.125. The van der Waals surface area contributed by atoms with Crippen molar-refractivity contribution in [1.82, 2.24) is 9.88 Å². The number of nitrogens with one attached hydrogen (secondary N) is 1. The minimum absolute atomic E-state index is 0.203. The van der Waals surface area contributed by atoms with Gasteiger partial charge in [0, 0.05) is 30.3 Å². The minimum atomic E-state index is -0.557. The number of anilines is 1. The summed E-state index contributed by atoms with van der Waals surface area (Å²) in [7, 11) is 1.65. The van der Waals surface area contributed by atoms with Gasteiger partial charge in [-0.15, -0.1) is 0 Å². The predicted molar refractivity (Wildman–Crippen MR) is 116 cm³/mol. The van der Waals surface area contributed by atoms with Crippen molar-refractivity contribution in [3.05, 3.63) is 64.8 Å². The number of amides is 2. The highest BCUT2D eigenvalue weighted by atomic mass is 19.1. The quantitative estimate of drug-likeness (QED) is 0.629. The molecule has 7 nitrogen and oxygen atoms in total. The molecule has 2 amide bonds. The molecule has 1 aliphatic heterocycles. The number of rotatable bonds is 4. The number of likely N-dealkylation sites (N-methyl/N-ethyl adjacent to an activating group) is 1. The Morgan fingerprint density at radius 2 is 2.26 bits per heavy atom. The van der Waals surface area contributed by atoms with Crippen molar-refractivity contribution in [2.45, 2.75) is 32.4 Å². The van der Waals surface area contributed by atoms with Crippen LogP contribution in [-0.2, 0) is 22.6 Å². The van der Waals surface area contributed by atoms with Crippen molar-refractivity contribution in [1.29, 1.82) is 0 Å². The van der Waals surface area contributed by atoms with Crippen LogP contribution in [0.25, 0.3) is 17.0 Å². The van der Waals surface area contributed by atoms with Crippen LogP contribution in [0.1, 0.15) is 28.9 Å². The van der Waals surface area contributed by atoms with Gasteiger partial charge in [0.1, 0.15) is 11.6 Å². The number of carbonyl (C=O) groups is 2. The smallest absolute Gasteiger partial charge is 0.246 e. The number of furan rings is 1. The van der Waals surface area contributed by atoms with Gasteiger partial charge in [0.2, 0.25) is 11.8 Å².